The van der Waals surface area contributed by atoms with E-state index in [4.69, 9.17) is 4.74 Å². The smallest absolute Gasteiger partial charge is 0.303 e. The standard InChI is InChI=1S/C11H20O2/c1-4-6-7-8-9-11(5-2)13-10(3)12/h5,11H,2,4,6-9H2,1,3H3/t11-/m0/s1. The summed E-state index contributed by atoms with van der Waals surface area (Å²) in [5.41, 5.74) is 0. The molecule has 0 amide bonds. The van der Waals surface area contributed by atoms with Crippen LogP contribution in [0.15, 0.2) is 12.7 Å². The van der Waals surface area contributed by atoms with Crippen molar-refractivity contribution < 1.29 is 9.53 Å². The average molecular weight is 184 g/mol. The van der Waals surface area contributed by atoms with Crippen LogP contribution in [-0.2, 0) is 9.53 Å². The van der Waals surface area contributed by atoms with Gasteiger partial charge in [-0.15, -0.1) is 0 Å². The molecule has 0 unspecified atom stereocenters. The Balaban J connectivity index is 3.48. The van der Waals surface area contributed by atoms with Crippen molar-refractivity contribution in [2.24, 2.45) is 0 Å². The van der Waals surface area contributed by atoms with E-state index in [2.05, 4.69) is 13.5 Å². The summed E-state index contributed by atoms with van der Waals surface area (Å²) >= 11 is 0. The maximum Gasteiger partial charge on any atom is 0.303 e. The van der Waals surface area contributed by atoms with Gasteiger partial charge in [0.2, 0.25) is 0 Å². The van der Waals surface area contributed by atoms with Crippen LogP contribution >= 0.6 is 0 Å². The third kappa shape index (κ3) is 7.57. The molecule has 0 radical (unpaired) electrons. The van der Waals surface area contributed by atoms with Crippen LogP contribution in [0.25, 0.3) is 0 Å². The van der Waals surface area contributed by atoms with E-state index in [1.54, 1.807) is 6.08 Å². The Morgan fingerprint density at radius 1 is 1.46 bits per heavy atom. The van der Waals surface area contributed by atoms with Crippen molar-refractivity contribution in [1.82, 2.24) is 0 Å². The van der Waals surface area contributed by atoms with Gasteiger partial charge in [-0.05, 0) is 12.8 Å². The van der Waals surface area contributed by atoms with E-state index >= 15 is 0 Å². The quantitative estimate of drug-likeness (QED) is 0.345. The van der Waals surface area contributed by atoms with Crippen LogP contribution in [-0.4, -0.2) is 12.1 Å². The van der Waals surface area contributed by atoms with Crippen LogP contribution in [0.4, 0.5) is 0 Å². The molecular weight excluding hydrogens is 164 g/mol. The fourth-order valence-electron chi connectivity index (χ4n) is 1.21. The molecule has 76 valence electrons. The molecule has 0 aliphatic carbocycles. The molecule has 0 aliphatic rings. The Bertz CT molecular complexity index is 152. The predicted molar refractivity (Wildman–Crippen MR) is 54.5 cm³/mol. The monoisotopic (exact) mass is 184 g/mol. The van der Waals surface area contributed by atoms with Crippen LogP contribution in [0.2, 0.25) is 0 Å². The van der Waals surface area contributed by atoms with Crippen molar-refractivity contribution in [2.45, 2.75) is 52.1 Å². The molecule has 0 aromatic carbocycles. The van der Waals surface area contributed by atoms with Crippen molar-refractivity contribution in [3.05, 3.63) is 12.7 Å². The second-order valence-corrected chi connectivity index (χ2v) is 3.23. The lowest BCUT2D eigenvalue weighted by Crippen LogP contribution is -2.13. The van der Waals surface area contributed by atoms with Gasteiger partial charge < -0.3 is 4.74 Å². The van der Waals surface area contributed by atoms with E-state index in [0.29, 0.717) is 0 Å². The van der Waals surface area contributed by atoms with Gasteiger partial charge in [-0.25, -0.2) is 0 Å². The van der Waals surface area contributed by atoms with Gasteiger partial charge >= 0.3 is 5.97 Å². The minimum Gasteiger partial charge on any atom is -0.458 e. The van der Waals surface area contributed by atoms with Crippen LogP contribution in [0.5, 0.6) is 0 Å². The van der Waals surface area contributed by atoms with E-state index in [1.807, 2.05) is 0 Å². The molecular formula is C11H20O2. The van der Waals surface area contributed by atoms with Crippen molar-refractivity contribution >= 4 is 5.97 Å². The number of carbonyl (C=O) groups excluding carboxylic acids is 1. The van der Waals surface area contributed by atoms with Crippen LogP contribution < -0.4 is 0 Å². The molecule has 0 saturated heterocycles. The van der Waals surface area contributed by atoms with E-state index in [1.165, 1.54) is 26.2 Å². The van der Waals surface area contributed by atoms with Gasteiger partial charge in [0.25, 0.3) is 0 Å². The molecule has 0 fully saturated rings. The molecule has 0 saturated carbocycles. The second-order valence-electron chi connectivity index (χ2n) is 3.23. The molecule has 0 aliphatic heterocycles. The molecule has 0 spiro atoms. The molecule has 0 aromatic heterocycles. The first-order valence-corrected chi connectivity index (χ1v) is 5.00. The lowest BCUT2D eigenvalue weighted by molar-refractivity contribution is -0.144. The molecule has 0 aromatic rings. The van der Waals surface area contributed by atoms with Crippen LogP contribution in [0.3, 0.4) is 0 Å². The third-order valence-electron chi connectivity index (χ3n) is 1.92. The van der Waals surface area contributed by atoms with E-state index in [-0.39, 0.29) is 12.1 Å². The van der Waals surface area contributed by atoms with Crippen molar-refractivity contribution in [2.75, 3.05) is 0 Å². The Labute approximate surface area is 81.0 Å². The van der Waals surface area contributed by atoms with Gasteiger partial charge in [-0.1, -0.05) is 38.8 Å². The highest BCUT2D eigenvalue weighted by molar-refractivity contribution is 5.66. The lowest BCUT2D eigenvalue weighted by atomic mass is 10.1. The summed E-state index contributed by atoms with van der Waals surface area (Å²) in [5, 5.41) is 0. The summed E-state index contributed by atoms with van der Waals surface area (Å²) in [5.74, 6) is -0.222. The molecule has 0 heterocycles. The Morgan fingerprint density at radius 2 is 2.15 bits per heavy atom. The van der Waals surface area contributed by atoms with Crippen LogP contribution in [0.1, 0.15) is 46.0 Å². The first-order valence-electron chi connectivity index (χ1n) is 5.00. The summed E-state index contributed by atoms with van der Waals surface area (Å²) in [7, 11) is 0. The summed E-state index contributed by atoms with van der Waals surface area (Å²) in [6, 6.07) is 0. The highest BCUT2D eigenvalue weighted by Gasteiger charge is 2.05. The fourth-order valence-corrected chi connectivity index (χ4v) is 1.21. The first-order chi connectivity index (χ1) is 6.20. The Morgan fingerprint density at radius 3 is 2.62 bits per heavy atom. The predicted octanol–water partition coefficient (Wildman–Crippen LogP) is 3.07. The zero-order valence-electron chi connectivity index (χ0n) is 8.71. The molecule has 0 bridgehead atoms. The molecule has 0 rings (SSSR count). The first kappa shape index (κ1) is 12.2. The summed E-state index contributed by atoms with van der Waals surface area (Å²) in [6.07, 6.45) is 7.32. The minimum absolute atomic E-state index is 0.0886. The zero-order chi connectivity index (χ0) is 10.1. The topological polar surface area (TPSA) is 26.3 Å². The summed E-state index contributed by atoms with van der Waals surface area (Å²) in [6.45, 7) is 7.25. The number of esters is 1. The number of unbranched alkanes of at least 4 members (excludes halogenated alkanes) is 3. The lowest BCUT2D eigenvalue weighted by Gasteiger charge is -2.11. The maximum absolute atomic E-state index is 10.6. The maximum atomic E-state index is 10.6. The van der Waals surface area contributed by atoms with Crippen LogP contribution in [0, 0.1) is 0 Å². The van der Waals surface area contributed by atoms with Gasteiger partial charge in [0.15, 0.2) is 0 Å². The largest absolute Gasteiger partial charge is 0.458 e. The van der Waals surface area contributed by atoms with Crippen molar-refractivity contribution in [3.8, 4) is 0 Å². The van der Waals surface area contributed by atoms with E-state index in [0.717, 1.165) is 12.8 Å². The minimum atomic E-state index is -0.222. The van der Waals surface area contributed by atoms with Crippen molar-refractivity contribution in [3.63, 3.8) is 0 Å². The molecule has 2 heteroatoms. The van der Waals surface area contributed by atoms with Gasteiger partial charge in [-0.3, -0.25) is 4.79 Å². The number of rotatable bonds is 7. The zero-order valence-corrected chi connectivity index (χ0v) is 8.71. The number of hydrogen-bond donors (Lipinski definition) is 0. The van der Waals surface area contributed by atoms with E-state index in [9.17, 15) is 4.79 Å². The molecule has 0 N–H and O–H groups in total. The summed E-state index contributed by atoms with van der Waals surface area (Å²) < 4.78 is 5.02. The van der Waals surface area contributed by atoms with Gasteiger partial charge in [0.1, 0.15) is 6.10 Å². The normalized spacial score (nSPS) is 12.2. The highest BCUT2D eigenvalue weighted by Crippen LogP contribution is 2.09. The molecule has 2 nitrogen and oxygen atoms in total. The van der Waals surface area contributed by atoms with Gasteiger partial charge in [0, 0.05) is 6.92 Å². The van der Waals surface area contributed by atoms with E-state index < -0.39 is 0 Å². The Kier molecular flexibility index (Phi) is 7.36. The second kappa shape index (κ2) is 7.84. The number of carbonyl (C=O) groups is 1. The van der Waals surface area contributed by atoms with Gasteiger partial charge in [0.05, 0.1) is 0 Å². The fraction of sp³-hybridized carbons (Fsp3) is 0.727. The highest BCUT2D eigenvalue weighted by atomic mass is 16.5. The third-order valence-corrected chi connectivity index (χ3v) is 1.92. The van der Waals surface area contributed by atoms with Crippen molar-refractivity contribution in [1.29, 1.82) is 0 Å². The average Bonchev–Trinajstić information content (AvgIpc) is 2.09. The summed E-state index contributed by atoms with van der Waals surface area (Å²) in [4.78, 5) is 10.6. The Hall–Kier alpha value is -0.790. The molecule has 13 heavy (non-hydrogen) atoms. The number of hydrogen-bond acceptors (Lipinski definition) is 2. The SMILES string of the molecule is C=C[C@@H](CCCCCC)OC(C)=O. The number of ether oxygens (including phenoxy) is 1. The van der Waals surface area contributed by atoms with Gasteiger partial charge in [-0.2, -0.15) is 0 Å². The molecule has 1 atom stereocenters.